The normalized spacial score (nSPS) is 17.5. The highest BCUT2D eigenvalue weighted by Gasteiger charge is 2.25. The van der Waals surface area contributed by atoms with E-state index in [1.54, 1.807) is 18.2 Å². The van der Waals surface area contributed by atoms with Gasteiger partial charge in [0.05, 0.1) is 53.2 Å². The molecular formula is C31H33N7O4. The van der Waals surface area contributed by atoms with Gasteiger partial charge in [-0.05, 0) is 48.4 Å². The molecule has 0 radical (unpaired) electrons. The van der Waals surface area contributed by atoms with Gasteiger partial charge in [-0.1, -0.05) is 12.1 Å². The van der Waals surface area contributed by atoms with Crippen molar-refractivity contribution in [3.05, 3.63) is 77.9 Å². The predicted molar refractivity (Wildman–Crippen MR) is 158 cm³/mol. The SMILES string of the molecule is Cn1cnc2ccc(COc3cccc(N4CCN(Cc5nc6ccc(C(=O)O)cc6n5CC5CCO5)CC4)n3)cc21. The van der Waals surface area contributed by atoms with Crippen molar-refractivity contribution in [1.29, 1.82) is 0 Å². The molecule has 0 saturated carbocycles. The van der Waals surface area contributed by atoms with Crippen molar-refractivity contribution in [2.45, 2.75) is 32.2 Å². The van der Waals surface area contributed by atoms with Gasteiger partial charge in [-0.15, -0.1) is 0 Å². The van der Waals surface area contributed by atoms with E-state index in [0.717, 1.165) is 78.5 Å². The molecule has 216 valence electrons. The standard InChI is InChI=1S/C31H33N7O4/c1-35-20-32-24-7-5-21(15-26(24)35)19-42-30-4-2-3-28(34-30)37-12-10-36(11-13-37)18-29-33-25-8-6-22(31(39)40)16-27(25)38(29)17-23-9-14-41-23/h2-8,15-16,20,23H,9-14,17-19H2,1H3,(H,39,40). The predicted octanol–water partition coefficient (Wildman–Crippen LogP) is 3.71. The van der Waals surface area contributed by atoms with Gasteiger partial charge in [0.25, 0.3) is 0 Å². The minimum Gasteiger partial charge on any atom is -0.478 e. The van der Waals surface area contributed by atoms with Gasteiger partial charge in [0.2, 0.25) is 5.88 Å². The first kappa shape index (κ1) is 26.4. The number of aromatic nitrogens is 5. The van der Waals surface area contributed by atoms with Crippen LogP contribution in [0.5, 0.6) is 5.88 Å². The monoisotopic (exact) mass is 567 g/mol. The molecule has 11 nitrogen and oxygen atoms in total. The third-order valence-electron chi connectivity index (χ3n) is 8.20. The Kier molecular flexibility index (Phi) is 6.96. The topological polar surface area (TPSA) is 111 Å². The zero-order valence-corrected chi connectivity index (χ0v) is 23.5. The second-order valence-corrected chi connectivity index (χ2v) is 11.0. The van der Waals surface area contributed by atoms with Gasteiger partial charge in [-0.25, -0.2) is 14.8 Å². The number of rotatable bonds is 9. The van der Waals surface area contributed by atoms with Crippen molar-refractivity contribution in [2.75, 3.05) is 37.7 Å². The zero-order valence-electron chi connectivity index (χ0n) is 23.5. The number of ether oxygens (including phenoxy) is 2. The first-order valence-electron chi connectivity index (χ1n) is 14.3. The Morgan fingerprint density at radius 1 is 1.02 bits per heavy atom. The second-order valence-electron chi connectivity index (χ2n) is 11.0. The van der Waals surface area contributed by atoms with Gasteiger partial charge >= 0.3 is 5.97 Å². The van der Waals surface area contributed by atoms with Gasteiger partial charge in [-0.3, -0.25) is 4.90 Å². The molecule has 0 spiro atoms. The molecule has 2 aliphatic rings. The van der Waals surface area contributed by atoms with Crippen LogP contribution in [0, 0.1) is 0 Å². The van der Waals surface area contributed by atoms with E-state index in [1.165, 1.54) is 0 Å². The molecule has 2 saturated heterocycles. The number of carbonyl (C=O) groups is 1. The van der Waals surface area contributed by atoms with E-state index < -0.39 is 5.97 Å². The molecule has 1 unspecified atom stereocenters. The minimum atomic E-state index is -0.934. The molecule has 0 aliphatic carbocycles. The van der Waals surface area contributed by atoms with Crippen molar-refractivity contribution in [2.24, 2.45) is 7.05 Å². The molecule has 2 aliphatic heterocycles. The van der Waals surface area contributed by atoms with E-state index in [1.807, 2.05) is 48.3 Å². The van der Waals surface area contributed by atoms with Crippen LogP contribution in [-0.2, 0) is 31.5 Å². The summed E-state index contributed by atoms with van der Waals surface area (Å²) in [6.07, 6.45) is 2.97. The third kappa shape index (κ3) is 5.28. The fraction of sp³-hybridized carbons (Fsp3) is 0.355. The number of nitrogens with zero attached hydrogens (tertiary/aromatic N) is 7. The number of pyridine rings is 1. The summed E-state index contributed by atoms with van der Waals surface area (Å²) in [6, 6.07) is 17.2. The average molecular weight is 568 g/mol. The number of aryl methyl sites for hydroxylation is 1. The van der Waals surface area contributed by atoms with E-state index in [0.29, 0.717) is 25.6 Å². The van der Waals surface area contributed by atoms with Crippen LogP contribution in [0.15, 0.2) is 60.9 Å². The summed E-state index contributed by atoms with van der Waals surface area (Å²) in [5.74, 6) is 1.52. The first-order valence-corrected chi connectivity index (χ1v) is 14.3. The van der Waals surface area contributed by atoms with E-state index in [-0.39, 0.29) is 11.7 Å². The van der Waals surface area contributed by atoms with Crippen LogP contribution < -0.4 is 9.64 Å². The lowest BCUT2D eigenvalue weighted by molar-refractivity contribution is -0.0592. The average Bonchev–Trinajstić information content (AvgIpc) is 3.53. The largest absolute Gasteiger partial charge is 0.478 e. The Balaban J connectivity index is 1.00. The summed E-state index contributed by atoms with van der Waals surface area (Å²) in [5.41, 5.74) is 5.05. The maximum atomic E-state index is 11.6. The molecule has 0 bridgehead atoms. The Labute approximate surface area is 242 Å². The van der Waals surface area contributed by atoms with Gasteiger partial charge in [0, 0.05) is 45.9 Å². The molecule has 0 amide bonds. The van der Waals surface area contributed by atoms with Crippen molar-refractivity contribution >= 4 is 33.9 Å². The highest BCUT2D eigenvalue weighted by atomic mass is 16.5. The van der Waals surface area contributed by atoms with Crippen molar-refractivity contribution in [3.8, 4) is 5.88 Å². The lowest BCUT2D eigenvalue weighted by Crippen LogP contribution is -2.46. The van der Waals surface area contributed by atoms with Gasteiger partial charge in [0.15, 0.2) is 0 Å². The summed E-state index contributed by atoms with van der Waals surface area (Å²) in [4.78, 5) is 30.4. The van der Waals surface area contributed by atoms with Crippen molar-refractivity contribution in [1.82, 2.24) is 29.0 Å². The molecule has 3 aromatic heterocycles. The van der Waals surface area contributed by atoms with Crippen LogP contribution in [-0.4, -0.2) is 79.0 Å². The van der Waals surface area contributed by atoms with Crippen LogP contribution >= 0.6 is 0 Å². The number of benzene rings is 2. The Morgan fingerprint density at radius 2 is 1.86 bits per heavy atom. The molecule has 5 aromatic rings. The molecular weight excluding hydrogens is 534 g/mol. The van der Waals surface area contributed by atoms with Crippen LogP contribution in [0.25, 0.3) is 22.1 Å². The van der Waals surface area contributed by atoms with Crippen LogP contribution in [0.2, 0.25) is 0 Å². The fourth-order valence-electron chi connectivity index (χ4n) is 5.68. The van der Waals surface area contributed by atoms with Gasteiger partial charge < -0.3 is 28.6 Å². The molecule has 7 rings (SSSR count). The Bertz CT molecular complexity index is 1750. The number of hydrogen-bond acceptors (Lipinski definition) is 8. The number of piperazine rings is 1. The second kappa shape index (κ2) is 11.1. The van der Waals surface area contributed by atoms with Gasteiger partial charge in [-0.2, -0.15) is 4.98 Å². The van der Waals surface area contributed by atoms with E-state index >= 15 is 0 Å². The summed E-state index contributed by atoms with van der Waals surface area (Å²) in [5, 5.41) is 9.51. The number of carboxylic acids is 1. The molecule has 1 atom stereocenters. The summed E-state index contributed by atoms with van der Waals surface area (Å²) in [7, 11) is 1.99. The van der Waals surface area contributed by atoms with Crippen molar-refractivity contribution in [3.63, 3.8) is 0 Å². The molecule has 2 fully saturated rings. The molecule has 11 heteroatoms. The molecule has 1 N–H and O–H groups in total. The lowest BCUT2D eigenvalue weighted by Gasteiger charge is -2.35. The number of hydrogen-bond donors (Lipinski definition) is 1. The van der Waals surface area contributed by atoms with E-state index in [4.69, 9.17) is 19.4 Å². The number of carboxylic acid groups (broad SMARTS) is 1. The van der Waals surface area contributed by atoms with Crippen LogP contribution in [0.3, 0.4) is 0 Å². The third-order valence-corrected chi connectivity index (χ3v) is 8.20. The number of anilines is 1. The molecule has 2 aromatic carbocycles. The smallest absolute Gasteiger partial charge is 0.335 e. The quantitative estimate of drug-likeness (QED) is 0.285. The van der Waals surface area contributed by atoms with E-state index in [2.05, 4.69) is 25.4 Å². The lowest BCUT2D eigenvalue weighted by atomic mass is 10.1. The van der Waals surface area contributed by atoms with Crippen LogP contribution in [0.1, 0.15) is 28.2 Å². The molecule has 42 heavy (non-hydrogen) atoms. The highest BCUT2D eigenvalue weighted by molar-refractivity contribution is 5.92. The number of imidazole rings is 2. The fourth-order valence-corrected chi connectivity index (χ4v) is 5.68. The Morgan fingerprint density at radius 3 is 2.64 bits per heavy atom. The summed E-state index contributed by atoms with van der Waals surface area (Å²) >= 11 is 0. The van der Waals surface area contributed by atoms with Gasteiger partial charge in [0.1, 0.15) is 18.2 Å². The number of fused-ring (bicyclic) bond motifs is 2. The minimum absolute atomic E-state index is 0.144. The highest BCUT2D eigenvalue weighted by Crippen LogP contribution is 2.25. The van der Waals surface area contributed by atoms with E-state index in [9.17, 15) is 9.90 Å². The Hall–Kier alpha value is -4.48. The molecule has 5 heterocycles. The van der Waals surface area contributed by atoms with Crippen molar-refractivity contribution < 1.29 is 19.4 Å². The summed E-state index contributed by atoms with van der Waals surface area (Å²) < 4.78 is 15.9. The zero-order chi connectivity index (χ0) is 28.6. The first-order chi connectivity index (χ1) is 20.5. The number of aromatic carboxylic acids is 1. The van der Waals surface area contributed by atoms with Crippen LogP contribution in [0.4, 0.5) is 5.82 Å². The maximum Gasteiger partial charge on any atom is 0.335 e. The summed E-state index contributed by atoms with van der Waals surface area (Å²) in [6.45, 7) is 5.98. The maximum absolute atomic E-state index is 11.6.